The fraction of sp³-hybridized carbons (Fsp3) is 0.333. The maximum atomic E-state index is 11.9. The summed E-state index contributed by atoms with van der Waals surface area (Å²) in [5.74, 6) is 1.72. The Labute approximate surface area is 165 Å². The van der Waals surface area contributed by atoms with Crippen molar-refractivity contribution in [3.8, 4) is 17.2 Å². The summed E-state index contributed by atoms with van der Waals surface area (Å²) in [4.78, 5) is 23.8. The third-order valence-electron chi connectivity index (χ3n) is 3.60. The second-order valence-corrected chi connectivity index (χ2v) is 6.52. The zero-order valence-electron chi connectivity index (χ0n) is 16.4. The minimum Gasteiger partial charge on any atom is -0.497 e. The quantitative estimate of drug-likeness (QED) is 0.656. The first-order chi connectivity index (χ1) is 13.5. The number of carbonyl (C=O) groups excluding carboxylic acids is 2. The van der Waals surface area contributed by atoms with Crippen molar-refractivity contribution in [2.45, 2.75) is 13.8 Å². The number of amides is 2. The molecule has 0 saturated heterocycles. The predicted molar refractivity (Wildman–Crippen MR) is 107 cm³/mol. The van der Waals surface area contributed by atoms with Crippen LogP contribution in [0, 0.1) is 5.92 Å². The molecule has 2 amide bonds. The van der Waals surface area contributed by atoms with Crippen LogP contribution in [0.2, 0.25) is 0 Å². The highest BCUT2D eigenvalue weighted by Gasteiger charge is 2.07. The second-order valence-electron chi connectivity index (χ2n) is 6.52. The topological polar surface area (TPSA) is 85.9 Å². The normalized spacial score (nSPS) is 10.3. The number of benzene rings is 2. The van der Waals surface area contributed by atoms with Gasteiger partial charge in [-0.3, -0.25) is 9.59 Å². The fourth-order valence-electron chi connectivity index (χ4n) is 2.15. The average molecular weight is 386 g/mol. The van der Waals surface area contributed by atoms with Crippen molar-refractivity contribution in [2.24, 2.45) is 5.92 Å². The molecule has 0 aliphatic carbocycles. The van der Waals surface area contributed by atoms with Crippen molar-refractivity contribution in [3.63, 3.8) is 0 Å². The molecule has 0 aliphatic heterocycles. The van der Waals surface area contributed by atoms with Crippen molar-refractivity contribution < 1.29 is 23.8 Å². The molecule has 0 atom stereocenters. The second kappa shape index (κ2) is 10.8. The average Bonchev–Trinajstić information content (AvgIpc) is 2.70. The van der Waals surface area contributed by atoms with Gasteiger partial charge in [0.15, 0.2) is 6.61 Å². The van der Waals surface area contributed by atoms with Gasteiger partial charge in [0.05, 0.1) is 20.3 Å². The van der Waals surface area contributed by atoms with Gasteiger partial charge in [-0.15, -0.1) is 0 Å². The smallest absolute Gasteiger partial charge is 0.258 e. The van der Waals surface area contributed by atoms with Gasteiger partial charge in [-0.2, -0.15) is 0 Å². The van der Waals surface area contributed by atoms with Crippen molar-refractivity contribution >= 4 is 17.5 Å². The van der Waals surface area contributed by atoms with Gasteiger partial charge in [-0.25, -0.2) is 0 Å². The Morgan fingerprint density at radius 1 is 0.857 bits per heavy atom. The lowest BCUT2D eigenvalue weighted by Gasteiger charge is -2.10. The van der Waals surface area contributed by atoms with Crippen molar-refractivity contribution in [1.29, 1.82) is 0 Å². The Balaban J connectivity index is 1.68. The van der Waals surface area contributed by atoms with E-state index in [0.717, 1.165) is 5.75 Å². The summed E-state index contributed by atoms with van der Waals surface area (Å²) in [5.41, 5.74) is 0.630. The molecule has 28 heavy (non-hydrogen) atoms. The third kappa shape index (κ3) is 7.57. The Kier molecular flexibility index (Phi) is 8.14. The lowest BCUT2D eigenvalue weighted by atomic mass is 10.2. The molecule has 2 N–H and O–H groups in total. The number of ether oxygens (including phenoxy) is 3. The van der Waals surface area contributed by atoms with Crippen LogP contribution < -0.4 is 24.8 Å². The molecule has 0 saturated carbocycles. The Morgan fingerprint density at radius 2 is 1.43 bits per heavy atom. The van der Waals surface area contributed by atoms with E-state index >= 15 is 0 Å². The molecule has 0 heterocycles. The van der Waals surface area contributed by atoms with Gasteiger partial charge in [-0.1, -0.05) is 13.8 Å². The number of rotatable bonds is 10. The number of hydrogen-bond donors (Lipinski definition) is 2. The maximum Gasteiger partial charge on any atom is 0.258 e. The fourth-order valence-corrected chi connectivity index (χ4v) is 2.15. The first-order valence-electron chi connectivity index (χ1n) is 9.02. The van der Waals surface area contributed by atoms with Gasteiger partial charge < -0.3 is 24.8 Å². The van der Waals surface area contributed by atoms with Crippen molar-refractivity contribution in [1.82, 2.24) is 5.32 Å². The summed E-state index contributed by atoms with van der Waals surface area (Å²) in [6.45, 7) is 4.46. The van der Waals surface area contributed by atoms with Gasteiger partial charge in [0.1, 0.15) is 17.2 Å². The molecule has 7 heteroatoms. The first-order valence-corrected chi connectivity index (χ1v) is 9.02. The summed E-state index contributed by atoms with van der Waals surface area (Å²) in [5, 5.41) is 5.23. The highest BCUT2D eigenvalue weighted by atomic mass is 16.5. The van der Waals surface area contributed by atoms with Crippen molar-refractivity contribution in [3.05, 3.63) is 48.5 Å². The summed E-state index contributed by atoms with van der Waals surface area (Å²) in [6.07, 6.45) is 0. The molecule has 0 unspecified atom stereocenters. The molecular weight excluding hydrogens is 360 g/mol. The van der Waals surface area contributed by atoms with Crippen LogP contribution in [-0.4, -0.2) is 38.7 Å². The lowest BCUT2D eigenvalue weighted by Crippen LogP contribution is -2.35. The van der Waals surface area contributed by atoms with E-state index in [1.807, 2.05) is 0 Å². The molecule has 2 aromatic carbocycles. The molecule has 0 bridgehead atoms. The number of carbonyl (C=O) groups is 2. The molecule has 0 aromatic heterocycles. The minimum atomic E-state index is -0.386. The molecule has 150 valence electrons. The third-order valence-corrected chi connectivity index (χ3v) is 3.60. The van der Waals surface area contributed by atoms with E-state index in [1.165, 1.54) is 0 Å². The van der Waals surface area contributed by atoms with Gasteiger partial charge in [0, 0.05) is 5.69 Å². The number of methoxy groups -OCH3 is 1. The molecular formula is C21H26N2O5. The first kappa shape index (κ1) is 21.1. The summed E-state index contributed by atoms with van der Waals surface area (Å²) in [7, 11) is 1.57. The number of nitrogens with one attached hydrogen (secondary N) is 2. The molecule has 0 radical (unpaired) electrons. The standard InChI is InChI=1S/C21H26N2O5/c1-15(2)13-27-18-6-4-16(5-7-18)23-20(24)12-22-21(25)14-28-19-10-8-17(26-3)9-11-19/h4-11,15H,12-14H2,1-3H3,(H,22,25)(H,23,24). The molecule has 7 nitrogen and oxygen atoms in total. The van der Waals surface area contributed by atoms with E-state index in [-0.39, 0.29) is 25.0 Å². The summed E-state index contributed by atoms with van der Waals surface area (Å²) >= 11 is 0. The van der Waals surface area contributed by atoms with E-state index < -0.39 is 0 Å². The van der Waals surface area contributed by atoms with Crippen LogP contribution in [0.1, 0.15) is 13.8 Å². The minimum absolute atomic E-state index is 0.142. The molecule has 0 aliphatic rings. The zero-order valence-corrected chi connectivity index (χ0v) is 16.4. The SMILES string of the molecule is COc1ccc(OCC(=O)NCC(=O)Nc2ccc(OCC(C)C)cc2)cc1. The van der Waals surface area contributed by atoms with Crippen LogP contribution in [-0.2, 0) is 9.59 Å². The largest absolute Gasteiger partial charge is 0.497 e. The predicted octanol–water partition coefficient (Wildman–Crippen LogP) is 2.86. The summed E-state index contributed by atoms with van der Waals surface area (Å²) in [6, 6.07) is 14.0. The Morgan fingerprint density at radius 3 is 2.04 bits per heavy atom. The van der Waals surface area contributed by atoms with E-state index in [1.54, 1.807) is 55.6 Å². The monoisotopic (exact) mass is 386 g/mol. The summed E-state index contributed by atoms with van der Waals surface area (Å²) < 4.78 is 16.0. The lowest BCUT2D eigenvalue weighted by molar-refractivity contribution is -0.125. The van der Waals surface area contributed by atoms with Gasteiger partial charge >= 0.3 is 0 Å². The van der Waals surface area contributed by atoms with Crippen LogP contribution >= 0.6 is 0 Å². The van der Waals surface area contributed by atoms with Crippen molar-refractivity contribution in [2.75, 3.05) is 32.2 Å². The van der Waals surface area contributed by atoms with Gasteiger partial charge in [-0.05, 0) is 54.4 Å². The maximum absolute atomic E-state index is 11.9. The van der Waals surface area contributed by atoms with E-state index in [2.05, 4.69) is 24.5 Å². The molecule has 2 aromatic rings. The van der Waals surface area contributed by atoms with Crippen LogP contribution in [0.15, 0.2) is 48.5 Å². The highest BCUT2D eigenvalue weighted by molar-refractivity contribution is 5.94. The molecule has 2 rings (SSSR count). The van der Waals surface area contributed by atoms with Crippen LogP contribution in [0.3, 0.4) is 0 Å². The van der Waals surface area contributed by atoms with Crippen LogP contribution in [0.4, 0.5) is 5.69 Å². The molecule has 0 fully saturated rings. The molecule has 0 spiro atoms. The van der Waals surface area contributed by atoms with Crippen LogP contribution in [0.5, 0.6) is 17.2 Å². The van der Waals surface area contributed by atoms with Gasteiger partial charge in [0.25, 0.3) is 5.91 Å². The van der Waals surface area contributed by atoms with E-state index in [0.29, 0.717) is 29.7 Å². The van der Waals surface area contributed by atoms with E-state index in [9.17, 15) is 9.59 Å². The van der Waals surface area contributed by atoms with Crippen LogP contribution in [0.25, 0.3) is 0 Å². The van der Waals surface area contributed by atoms with E-state index in [4.69, 9.17) is 14.2 Å². The number of anilines is 1. The van der Waals surface area contributed by atoms with Gasteiger partial charge in [0.2, 0.25) is 5.91 Å². The Hall–Kier alpha value is -3.22. The Bertz CT molecular complexity index is 757. The zero-order chi connectivity index (χ0) is 20.4. The number of hydrogen-bond acceptors (Lipinski definition) is 5. The highest BCUT2D eigenvalue weighted by Crippen LogP contribution is 2.17.